The summed E-state index contributed by atoms with van der Waals surface area (Å²) in [5, 5.41) is 4.13. The first kappa shape index (κ1) is 18.5. The zero-order valence-corrected chi connectivity index (χ0v) is 14.9. The van der Waals surface area contributed by atoms with Crippen molar-refractivity contribution in [3.63, 3.8) is 0 Å². The molecule has 1 aliphatic carbocycles. The van der Waals surface area contributed by atoms with Gasteiger partial charge < -0.3 is 19.7 Å². The number of hydrogen-bond acceptors (Lipinski definition) is 6. The van der Waals surface area contributed by atoms with Gasteiger partial charge in [0.05, 0.1) is 19.6 Å². The van der Waals surface area contributed by atoms with E-state index in [4.69, 9.17) is 19.7 Å². The number of benzene rings is 1. The molecule has 7 heteroatoms. The maximum atomic E-state index is 5.97. The molecular weight excluding hydrogens is 330 g/mol. The van der Waals surface area contributed by atoms with Gasteiger partial charge in [-0.3, -0.25) is 0 Å². The van der Waals surface area contributed by atoms with Crippen molar-refractivity contribution in [3.05, 3.63) is 35.5 Å². The largest absolute Gasteiger partial charge is 0.493 e. The van der Waals surface area contributed by atoms with E-state index in [1.807, 2.05) is 18.2 Å². The Morgan fingerprint density at radius 1 is 1.17 bits per heavy atom. The van der Waals surface area contributed by atoms with Crippen LogP contribution in [0.15, 0.2) is 22.7 Å². The number of ether oxygens (including phenoxy) is 2. The molecule has 24 heavy (non-hydrogen) atoms. The van der Waals surface area contributed by atoms with E-state index in [1.165, 1.54) is 12.8 Å². The van der Waals surface area contributed by atoms with Gasteiger partial charge in [0.2, 0.25) is 5.89 Å². The Bertz CT molecular complexity index is 669. The molecular formula is C17H24ClN3O3. The van der Waals surface area contributed by atoms with Crippen LogP contribution in [-0.4, -0.2) is 30.9 Å². The van der Waals surface area contributed by atoms with Gasteiger partial charge >= 0.3 is 0 Å². The number of aromatic nitrogens is 2. The quantitative estimate of drug-likeness (QED) is 0.859. The summed E-state index contributed by atoms with van der Waals surface area (Å²) >= 11 is 0. The summed E-state index contributed by atoms with van der Waals surface area (Å²) in [5.74, 6) is 2.76. The van der Waals surface area contributed by atoms with E-state index in [9.17, 15) is 0 Å². The topological polar surface area (TPSA) is 83.4 Å². The molecule has 2 aromatic rings. The highest BCUT2D eigenvalue weighted by Gasteiger charge is 2.39. The van der Waals surface area contributed by atoms with Crippen LogP contribution in [0.1, 0.15) is 43.0 Å². The molecule has 132 valence electrons. The number of halogens is 1. The van der Waals surface area contributed by atoms with Crippen LogP contribution in [0, 0.1) is 0 Å². The van der Waals surface area contributed by atoms with Gasteiger partial charge in [-0.1, -0.05) is 24.1 Å². The molecule has 1 aromatic heterocycles. The average molecular weight is 354 g/mol. The van der Waals surface area contributed by atoms with Crippen molar-refractivity contribution in [2.75, 3.05) is 20.8 Å². The molecule has 1 aliphatic rings. The normalized spacial score (nSPS) is 15.8. The Balaban J connectivity index is 0.00000208. The van der Waals surface area contributed by atoms with Crippen LogP contribution >= 0.6 is 12.4 Å². The molecule has 0 saturated heterocycles. The predicted molar refractivity (Wildman–Crippen MR) is 93.1 cm³/mol. The smallest absolute Gasteiger partial charge is 0.234 e. The Labute approximate surface area is 148 Å². The van der Waals surface area contributed by atoms with Crippen LogP contribution in [0.3, 0.4) is 0 Å². The van der Waals surface area contributed by atoms with Crippen molar-refractivity contribution in [3.8, 4) is 11.5 Å². The van der Waals surface area contributed by atoms with Crippen LogP contribution in [0.4, 0.5) is 0 Å². The number of methoxy groups -OCH3 is 2. The van der Waals surface area contributed by atoms with E-state index in [2.05, 4.69) is 10.1 Å². The zero-order valence-electron chi connectivity index (χ0n) is 14.1. The van der Waals surface area contributed by atoms with Gasteiger partial charge in [-0.2, -0.15) is 4.98 Å². The predicted octanol–water partition coefficient (Wildman–Crippen LogP) is 2.87. The van der Waals surface area contributed by atoms with Crippen LogP contribution in [-0.2, 0) is 11.8 Å². The van der Waals surface area contributed by atoms with E-state index in [-0.39, 0.29) is 17.8 Å². The van der Waals surface area contributed by atoms with Crippen LogP contribution in [0.25, 0.3) is 0 Å². The van der Waals surface area contributed by atoms with Gasteiger partial charge in [-0.15, -0.1) is 12.4 Å². The third-order valence-corrected chi connectivity index (χ3v) is 4.68. The highest BCUT2D eigenvalue weighted by Crippen LogP contribution is 2.39. The summed E-state index contributed by atoms with van der Waals surface area (Å²) in [5.41, 5.74) is 6.90. The Hall–Kier alpha value is -1.79. The molecule has 1 aromatic carbocycles. The monoisotopic (exact) mass is 353 g/mol. The summed E-state index contributed by atoms with van der Waals surface area (Å²) < 4.78 is 16.1. The Kier molecular flexibility index (Phi) is 6.07. The molecule has 2 N–H and O–H groups in total. The highest BCUT2D eigenvalue weighted by molar-refractivity contribution is 5.85. The summed E-state index contributed by atoms with van der Waals surface area (Å²) in [6, 6.07) is 5.79. The number of nitrogens with zero attached hydrogens (tertiary/aromatic N) is 2. The van der Waals surface area contributed by atoms with Crippen molar-refractivity contribution < 1.29 is 14.0 Å². The fraction of sp³-hybridized carbons (Fsp3) is 0.529. The molecule has 6 nitrogen and oxygen atoms in total. The van der Waals surface area contributed by atoms with Gasteiger partial charge in [-0.05, 0) is 30.5 Å². The molecule has 0 atom stereocenters. The average Bonchev–Trinajstić information content (AvgIpc) is 3.24. The third-order valence-electron chi connectivity index (χ3n) is 4.68. The molecule has 0 bridgehead atoms. The summed E-state index contributed by atoms with van der Waals surface area (Å²) in [6.45, 7) is 0.561. The fourth-order valence-corrected chi connectivity index (χ4v) is 3.27. The maximum Gasteiger partial charge on any atom is 0.234 e. The summed E-state index contributed by atoms with van der Waals surface area (Å²) in [4.78, 5) is 4.60. The Morgan fingerprint density at radius 3 is 2.50 bits per heavy atom. The van der Waals surface area contributed by atoms with Crippen molar-refractivity contribution in [1.82, 2.24) is 10.1 Å². The van der Waals surface area contributed by atoms with Crippen LogP contribution < -0.4 is 15.2 Å². The highest BCUT2D eigenvalue weighted by atomic mass is 35.5. The second kappa shape index (κ2) is 7.85. The Morgan fingerprint density at radius 2 is 1.88 bits per heavy atom. The molecule has 0 spiro atoms. The standard InChI is InChI=1S/C17H23N3O3.ClH/c1-21-13-6-5-12(9-14(13)22-2)10-15-19-16(23-20-15)17(11-18)7-3-4-8-17;/h5-6,9H,3-4,7-8,10-11,18H2,1-2H3;1H. The first-order valence-corrected chi connectivity index (χ1v) is 7.95. The third kappa shape index (κ3) is 3.49. The molecule has 0 radical (unpaired) electrons. The van der Waals surface area contributed by atoms with Gasteiger partial charge in [0.25, 0.3) is 0 Å². The van der Waals surface area contributed by atoms with Gasteiger partial charge in [-0.25, -0.2) is 0 Å². The lowest BCUT2D eigenvalue weighted by molar-refractivity contribution is 0.283. The van der Waals surface area contributed by atoms with Gasteiger partial charge in [0.1, 0.15) is 0 Å². The first-order valence-electron chi connectivity index (χ1n) is 7.95. The van der Waals surface area contributed by atoms with E-state index in [0.29, 0.717) is 36.2 Å². The fourth-order valence-electron chi connectivity index (χ4n) is 3.27. The van der Waals surface area contributed by atoms with Gasteiger partial charge in [0.15, 0.2) is 17.3 Å². The molecule has 0 amide bonds. The zero-order chi connectivity index (χ0) is 16.3. The molecule has 3 rings (SSSR count). The lowest BCUT2D eigenvalue weighted by atomic mass is 9.86. The SMILES string of the molecule is COc1ccc(Cc2noc(C3(CN)CCCC3)n2)cc1OC.Cl. The minimum absolute atomic E-state index is 0. The molecule has 1 heterocycles. The van der Waals surface area contributed by atoms with Crippen LogP contribution in [0.2, 0.25) is 0 Å². The summed E-state index contributed by atoms with van der Waals surface area (Å²) in [7, 11) is 3.25. The van der Waals surface area contributed by atoms with E-state index in [1.54, 1.807) is 14.2 Å². The van der Waals surface area contributed by atoms with E-state index >= 15 is 0 Å². The lowest BCUT2D eigenvalue weighted by Crippen LogP contribution is -2.32. The molecule has 0 aliphatic heterocycles. The number of hydrogen-bond donors (Lipinski definition) is 1. The lowest BCUT2D eigenvalue weighted by Gasteiger charge is -2.21. The van der Waals surface area contributed by atoms with Crippen molar-refractivity contribution >= 4 is 12.4 Å². The second-order valence-electron chi connectivity index (χ2n) is 6.07. The van der Waals surface area contributed by atoms with Gasteiger partial charge in [0, 0.05) is 13.0 Å². The minimum atomic E-state index is -0.122. The van der Waals surface area contributed by atoms with E-state index in [0.717, 1.165) is 18.4 Å². The molecule has 1 saturated carbocycles. The number of nitrogens with two attached hydrogens (primary N) is 1. The van der Waals surface area contributed by atoms with Crippen LogP contribution in [0.5, 0.6) is 11.5 Å². The van der Waals surface area contributed by atoms with Crippen molar-refractivity contribution in [1.29, 1.82) is 0 Å². The minimum Gasteiger partial charge on any atom is -0.493 e. The number of rotatable bonds is 6. The molecule has 0 unspecified atom stereocenters. The van der Waals surface area contributed by atoms with Crippen molar-refractivity contribution in [2.24, 2.45) is 5.73 Å². The van der Waals surface area contributed by atoms with Crippen molar-refractivity contribution in [2.45, 2.75) is 37.5 Å². The summed E-state index contributed by atoms with van der Waals surface area (Å²) in [6.07, 6.45) is 4.99. The molecule has 1 fully saturated rings. The second-order valence-corrected chi connectivity index (χ2v) is 6.07. The maximum absolute atomic E-state index is 5.97. The van der Waals surface area contributed by atoms with E-state index < -0.39 is 0 Å². The first-order chi connectivity index (χ1) is 11.2.